The van der Waals surface area contributed by atoms with E-state index in [1.165, 1.54) is 29.2 Å². The number of amides is 7. The van der Waals surface area contributed by atoms with E-state index < -0.39 is 93.5 Å². The summed E-state index contributed by atoms with van der Waals surface area (Å²) in [6.45, 7) is 7.42. The summed E-state index contributed by atoms with van der Waals surface area (Å²) >= 11 is -2.00. The number of carbonyl (C=O) groups excluding carboxylic acids is 8. The van der Waals surface area contributed by atoms with Gasteiger partial charge in [-0.05, 0) is 56.6 Å². The molecule has 3 aliphatic heterocycles. The maximum atomic E-state index is 14.0. The minimum absolute atomic E-state index is 0.0528. The molecule has 2 saturated heterocycles. The zero-order valence-electron chi connectivity index (χ0n) is 27.2. The van der Waals surface area contributed by atoms with E-state index in [0.717, 1.165) is 11.8 Å². The van der Waals surface area contributed by atoms with Crippen LogP contribution in [0, 0.1) is 0 Å². The Labute approximate surface area is 283 Å². The lowest BCUT2D eigenvalue weighted by Gasteiger charge is -2.49. The average molecular weight is 705 g/mol. The van der Waals surface area contributed by atoms with Gasteiger partial charge in [0.05, 0.1) is 5.57 Å². The molecule has 0 bridgehead atoms. The fourth-order valence-corrected chi connectivity index (χ4v) is 7.03. The normalized spacial score (nSPS) is 22.0. The molecular weight excluding hydrogens is 668 g/mol. The second kappa shape index (κ2) is 14.5. The molecule has 3 aliphatic rings. The Kier molecular flexibility index (Phi) is 10.9. The topological polar surface area (TPSA) is 244 Å². The predicted molar refractivity (Wildman–Crippen MR) is 167 cm³/mol. The average Bonchev–Trinajstić information content (AvgIpc) is 3.02. The van der Waals surface area contributed by atoms with E-state index in [4.69, 9.17) is 9.47 Å². The van der Waals surface area contributed by atoms with Gasteiger partial charge in [-0.2, -0.15) is 0 Å². The van der Waals surface area contributed by atoms with Crippen LogP contribution < -0.4 is 16.0 Å². The molecule has 0 aliphatic carbocycles. The highest BCUT2D eigenvalue weighted by Gasteiger charge is 2.62. The van der Waals surface area contributed by atoms with Crippen molar-refractivity contribution >= 4 is 59.2 Å². The van der Waals surface area contributed by atoms with Gasteiger partial charge < -0.3 is 40.0 Å². The number of rotatable bonds is 10. The first-order valence-electron chi connectivity index (χ1n) is 15.0. The van der Waals surface area contributed by atoms with Crippen molar-refractivity contribution in [2.24, 2.45) is 0 Å². The smallest absolute Gasteiger partial charge is 0.356 e. The lowest BCUT2D eigenvalue weighted by atomic mass is 10.0. The second-order valence-corrected chi connectivity index (χ2v) is 13.6. The third-order valence-electron chi connectivity index (χ3n) is 7.56. The van der Waals surface area contributed by atoms with Crippen LogP contribution >= 0.6 is 0 Å². The first-order chi connectivity index (χ1) is 23.0. The Morgan fingerprint density at radius 3 is 2.31 bits per heavy atom. The van der Waals surface area contributed by atoms with Crippen molar-refractivity contribution in [2.45, 2.75) is 63.9 Å². The number of esters is 2. The minimum atomic E-state index is -2.00. The summed E-state index contributed by atoms with van der Waals surface area (Å²) in [6.07, 6.45) is -1.60. The molecule has 2 fully saturated rings. The van der Waals surface area contributed by atoms with Crippen LogP contribution in [0.25, 0.3) is 0 Å². The summed E-state index contributed by atoms with van der Waals surface area (Å²) in [5, 5.41) is 15.7. The fraction of sp³-hybridized carbons (Fsp3) is 0.467. The number of piperazine rings is 1. The summed E-state index contributed by atoms with van der Waals surface area (Å²) in [5.74, 6) is -6.67. The number of imide groups is 1. The number of nitrogens with zero attached hydrogens (tertiary/aromatic N) is 3. The molecule has 1 aromatic carbocycles. The van der Waals surface area contributed by atoms with Gasteiger partial charge in [-0.1, -0.05) is 12.1 Å². The Morgan fingerprint density at radius 1 is 1.08 bits per heavy atom. The Morgan fingerprint density at radius 2 is 1.73 bits per heavy atom. The summed E-state index contributed by atoms with van der Waals surface area (Å²) in [6, 6.07) is 1.02. The molecule has 4 N–H and O–H groups in total. The van der Waals surface area contributed by atoms with Crippen molar-refractivity contribution in [1.29, 1.82) is 0 Å². The van der Waals surface area contributed by atoms with E-state index in [0.29, 0.717) is 4.90 Å². The number of urea groups is 1. The van der Waals surface area contributed by atoms with Gasteiger partial charge in [0.25, 0.3) is 5.91 Å². The third-order valence-corrected chi connectivity index (χ3v) is 9.18. The molecule has 4 rings (SSSR count). The van der Waals surface area contributed by atoms with Gasteiger partial charge >= 0.3 is 29.8 Å². The lowest BCUT2D eigenvalue weighted by molar-refractivity contribution is -0.160. The van der Waals surface area contributed by atoms with Crippen molar-refractivity contribution in [3.05, 3.63) is 41.1 Å². The molecule has 1 aromatic rings. The van der Waals surface area contributed by atoms with Gasteiger partial charge in [0.1, 0.15) is 28.8 Å². The van der Waals surface area contributed by atoms with Gasteiger partial charge in [-0.15, -0.1) is 0 Å². The van der Waals surface area contributed by atoms with Crippen molar-refractivity contribution in [1.82, 2.24) is 30.7 Å². The van der Waals surface area contributed by atoms with Crippen LogP contribution in [0.3, 0.4) is 0 Å². The summed E-state index contributed by atoms with van der Waals surface area (Å²) in [7, 11) is 0. The van der Waals surface area contributed by atoms with E-state index in [1.54, 1.807) is 27.7 Å². The number of phenols is 1. The highest BCUT2D eigenvalue weighted by Crippen LogP contribution is 2.39. The molecule has 0 aromatic heterocycles. The van der Waals surface area contributed by atoms with Crippen LogP contribution in [0.4, 0.5) is 4.79 Å². The number of ether oxygens (including phenoxy) is 2. The number of hydrogen-bond donors (Lipinski definition) is 4. The summed E-state index contributed by atoms with van der Waals surface area (Å²) < 4.78 is 24.3. The number of benzene rings is 1. The van der Waals surface area contributed by atoms with E-state index in [2.05, 4.69) is 16.0 Å². The largest absolute Gasteiger partial charge is 0.614 e. The zero-order chi connectivity index (χ0) is 36.4. The maximum Gasteiger partial charge on any atom is 0.356 e. The van der Waals surface area contributed by atoms with Gasteiger partial charge in [-0.3, -0.25) is 38.6 Å². The molecule has 19 heteroatoms. The second-order valence-electron chi connectivity index (χ2n) is 12.1. The number of fused-ring (bicyclic) bond motifs is 1. The molecule has 3 heterocycles. The van der Waals surface area contributed by atoms with E-state index in [-0.39, 0.29) is 42.9 Å². The molecule has 5 atom stereocenters. The number of phenolic OH excluding ortho intramolecular Hbond substituents is 1. The van der Waals surface area contributed by atoms with Crippen molar-refractivity contribution in [3.63, 3.8) is 0 Å². The van der Waals surface area contributed by atoms with Crippen LogP contribution in [-0.4, -0.2) is 121 Å². The molecule has 0 radical (unpaired) electrons. The number of carbonyl (C=O) groups is 8. The van der Waals surface area contributed by atoms with Crippen molar-refractivity contribution in [3.8, 4) is 5.75 Å². The van der Waals surface area contributed by atoms with Crippen LogP contribution in [0.15, 0.2) is 35.5 Å². The number of likely N-dealkylation sites (N-methyl/N-ethyl adjacent to an activating group) is 1. The van der Waals surface area contributed by atoms with Crippen LogP contribution in [-0.2, 0) is 54.2 Å². The minimum Gasteiger partial charge on any atom is -0.614 e. The molecule has 49 heavy (non-hydrogen) atoms. The summed E-state index contributed by atoms with van der Waals surface area (Å²) in [5.41, 5.74) is -1.77. The zero-order valence-corrected chi connectivity index (χ0v) is 28.0. The van der Waals surface area contributed by atoms with E-state index >= 15 is 0 Å². The molecular formula is C30H36N6O12S. The molecule has 0 saturated carbocycles. The number of nitrogens with one attached hydrogen (secondary N) is 3. The van der Waals surface area contributed by atoms with E-state index in [1.807, 2.05) is 0 Å². The highest BCUT2D eigenvalue weighted by atomic mass is 32.2. The van der Waals surface area contributed by atoms with Gasteiger partial charge in [0, 0.05) is 26.6 Å². The van der Waals surface area contributed by atoms with E-state index in [9.17, 15) is 48.0 Å². The highest BCUT2D eigenvalue weighted by molar-refractivity contribution is 7.92. The van der Waals surface area contributed by atoms with Crippen LogP contribution in [0.5, 0.6) is 5.75 Å². The quantitative estimate of drug-likeness (QED) is 0.0542. The fourth-order valence-electron chi connectivity index (χ4n) is 5.32. The Balaban J connectivity index is 1.73. The lowest BCUT2D eigenvalue weighted by Crippen LogP contribution is -2.74. The molecule has 3 unspecified atom stereocenters. The van der Waals surface area contributed by atoms with Crippen molar-refractivity contribution in [2.75, 3.05) is 25.4 Å². The van der Waals surface area contributed by atoms with Gasteiger partial charge in [0.2, 0.25) is 23.9 Å². The van der Waals surface area contributed by atoms with Crippen LogP contribution in [0.1, 0.15) is 46.2 Å². The monoisotopic (exact) mass is 704 g/mol. The Bertz CT molecular complexity index is 1590. The molecule has 18 nitrogen and oxygen atoms in total. The predicted octanol–water partition coefficient (Wildman–Crippen LogP) is -1.52. The molecule has 264 valence electrons. The molecule has 7 amide bonds. The van der Waals surface area contributed by atoms with Crippen LogP contribution in [0.2, 0.25) is 0 Å². The number of hydrogen-bond acceptors (Lipinski definition) is 12. The number of β-lactam (4-membered cyclic amide) rings is 1. The first kappa shape index (κ1) is 36.7. The third kappa shape index (κ3) is 7.78. The van der Waals surface area contributed by atoms with Crippen molar-refractivity contribution < 1.29 is 57.5 Å². The Hall–Kier alpha value is -5.17. The maximum absolute atomic E-state index is 14.0. The SMILES string of the molecule is CCN1CCN(C(=O)NC(C(=O)NC(OC(C)=O)C2=C(C(=O)OC(C)(C)C)N3C(=O)[C@@H](NC=O)[C@H]3[S+]([O-])C2)c2ccc(O)cc2)C(=O)C1=O. The van der Waals surface area contributed by atoms with Gasteiger partial charge in [0.15, 0.2) is 6.04 Å². The number of aromatic hydroxyl groups is 1. The standard InChI is InChI=1S/C30H36N6O12S/c1-6-34-11-12-35(26(43)25(34)42)29(45)32-19(16-7-9-17(39)10-8-16)22(40)33-23(47-15(2)38)18-13-49(46)27-20(31-14-37)24(41)36(27)21(18)28(44)48-30(3,4)5/h7-10,14,19-20,23,27,39H,6,11-13H2,1-5H3,(H,31,37)(H,32,45)(H,33,40)/t19?,20-,23?,27-,49?/m1/s1. The summed E-state index contributed by atoms with van der Waals surface area (Å²) in [4.78, 5) is 105. The molecule has 0 spiro atoms. The first-order valence-corrected chi connectivity index (χ1v) is 16.4. The van der Waals surface area contributed by atoms with Gasteiger partial charge in [-0.25, -0.2) is 9.59 Å².